The SMILES string of the molecule is Cc1nc(CN(C)C(=O)Nc2ccc(N3CCCC3)nc2C)no1. The van der Waals surface area contributed by atoms with Gasteiger partial charge < -0.3 is 19.6 Å². The van der Waals surface area contributed by atoms with E-state index in [1.165, 1.54) is 17.7 Å². The third-order valence-electron chi connectivity index (χ3n) is 4.04. The number of anilines is 2. The molecule has 0 aliphatic carbocycles. The van der Waals surface area contributed by atoms with Gasteiger partial charge >= 0.3 is 6.03 Å². The summed E-state index contributed by atoms with van der Waals surface area (Å²) in [5, 5.41) is 6.67. The van der Waals surface area contributed by atoms with Gasteiger partial charge in [0.15, 0.2) is 5.82 Å². The van der Waals surface area contributed by atoms with Crippen LogP contribution in [0.3, 0.4) is 0 Å². The van der Waals surface area contributed by atoms with Gasteiger partial charge in [-0.1, -0.05) is 5.16 Å². The van der Waals surface area contributed by atoms with E-state index in [9.17, 15) is 4.79 Å². The Morgan fingerprint density at radius 3 is 2.67 bits per heavy atom. The Morgan fingerprint density at radius 1 is 1.29 bits per heavy atom. The molecule has 0 saturated carbocycles. The molecule has 128 valence electrons. The zero-order valence-electron chi connectivity index (χ0n) is 14.2. The molecule has 0 radical (unpaired) electrons. The number of rotatable bonds is 4. The molecule has 3 rings (SSSR count). The number of urea groups is 1. The molecule has 8 heteroatoms. The van der Waals surface area contributed by atoms with Crippen LogP contribution in [0.25, 0.3) is 0 Å². The fourth-order valence-corrected chi connectivity index (χ4v) is 2.70. The summed E-state index contributed by atoms with van der Waals surface area (Å²) in [6.45, 7) is 5.99. The largest absolute Gasteiger partial charge is 0.357 e. The van der Waals surface area contributed by atoms with Gasteiger partial charge in [-0.2, -0.15) is 4.98 Å². The Bertz CT molecular complexity index is 723. The van der Waals surface area contributed by atoms with Crippen LogP contribution in [-0.2, 0) is 6.54 Å². The number of carbonyl (C=O) groups is 1. The normalized spacial score (nSPS) is 14.0. The predicted molar refractivity (Wildman–Crippen MR) is 89.9 cm³/mol. The Morgan fingerprint density at radius 2 is 2.04 bits per heavy atom. The zero-order chi connectivity index (χ0) is 17.1. The molecule has 1 fully saturated rings. The molecule has 0 aromatic carbocycles. The van der Waals surface area contributed by atoms with Crippen LogP contribution in [0.1, 0.15) is 30.3 Å². The van der Waals surface area contributed by atoms with Gasteiger partial charge in [-0.3, -0.25) is 0 Å². The average molecular weight is 330 g/mol. The highest BCUT2D eigenvalue weighted by molar-refractivity contribution is 5.89. The van der Waals surface area contributed by atoms with Gasteiger partial charge in [0, 0.05) is 27.1 Å². The molecule has 24 heavy (non-hydrogen) atoms. The zero-order valence-corrected chi connectivity index (χ0v) is 14.2. The molecule has 0 spiro atoms. The second kappa shape index (κ2) is 6.86. The molecule has 2 aromatic heterocycles. The van der Waals surface area contributed by atoms with Crippen molar-refractivity contribution in [2.24, 2.45) is 0 Å². The Kier molecular flexibility index (Phi) is 4.64. The highest BCUT2D eigenvalue weighted by atomic mass is 16.5. The van der Waals surface area contributed by atoms with Crippen molar-refractivity contribution in [1.29, 1.82) is 0 Å². The number of amides is 2. The van der Waals surface area contributed by atoms with E-state index in [4.69, 9.17) is 4.52 Å². The van der Waals surface area contributed by atoms with Crippen LogP contribution in [0, 0.1) is 13.8 Å². The summed E-state index contributed by atoms with van der Waals surface area (Å²) in [5.41, 5.74) is 1.51. The number of nitrogens with one attached hydrogen (secondary N) is 1. The quantitative estimate of drug-likeness (QED) is 0.926. The molecular formula is C16H22N6O2. The van der Waals surface area contributed by atoms with Crippen molar-refractivity contribution in [3.63, 3.8) is 0 Å². The lowest BCUT2D eigenvalue weighted by atomic mass is 10.3. The van der Waals surface area contributed by atoms with Crippen LogP contribution in [-0.4, -0.2) is 46.2 Å². The van der Waals surface area contributed by atoms with Crippen molar-refractivity contribution in [3.05, 3.63) is 29.5 Å². The molecule has 0 atom stereocenters. The van der Waals surface area contributed by atoms with Crippen LogP contribution in [0.5, 0.6) is 0 Å². The highest BCUT2D eigenvalue weighted by Gasteiger charge is 2.17. The van der Waals surface area contributed by atoms with Gasteiger partial charge in [-0.05, 0) is 31.9 Å². The lowest BCUT2D eigenvalue weighted by Crippen LogP contribution is -2.31. The van der Waals surface area contributed by atoms with Crippen LogP contribution in [0.15, 0.2) is 16.7 Å². The Hall–Kier alpha value is -2.64. The molecule has 2 amide bonds. The third-order valence-corrected chi connectivity index (χ3v) is 4.04. The van der Waals surface area contributed by atoms with E-state index in [1.807, 2.05) is 19.1 Å². The summed E-state index contributed by atoms with van der Waals surface area (Å²) in [7, 11) is 1.68. The van der Waals surface area contributed by atoms with Crippen molar-refractivity contribution < 1.29 is 9.32 Å². The summed E-state index contributed by atoms with van der Waals surface area (Å²) in [5.74, 6) is 1.93. The molecular weight excluding hydrogens is 308 g/mol. The first-order valence-corrected chi connectivity index (χ1v) is 8.07. The monoisotopic (exact) mass is 330 g/mol. The van der Waals surface area contributed by atoms with E-state index >= 15 is 0 Å². The van der Waals surface area contributed by atoms with Crippen molar-refractivity contribution in [1.82, 2.24) is 20.0 Å². The van der Waals surface area contributed by atoms with E-state index in [2.05, 4.69) is 25.3 Å². The lowest BCUT2D eigenvalue weighted by molar-refractivity contribution is 0.219. The summed E-state index contributed by atoms with van der Waals surface area (Å²) in [6, 6.07) is 3.62. The summed E-state index contributed by atoms with van der Waals surface area (Å²) in [6.07, 6.45) is 2.42. The molecule has 8 nitrogen and oxygen atoms in total. The first kappa shape index (κ1) is 16.2. The number of hydrogen-bond acceptors (Lipinski definition) is 6. The summed E-state index contributed by atoms with van der Waals surface area (Å²) < 4.78 is 4.91. The van der Waals surface area contributed by atoms with Crippen molar-refractivity contribution in [3.8, 4) is 0 Å². The molecule has 1 N–H and O–H groups in total. The number of nitrogens with zero attached hydrogens (tertiary/aromatic N) is 5. The second-order valence-electron chi connectivity index (χ2n) is 6.01. The maximum Gasteiger partial charge on any atom is 0.322 e. The third kappa shape index (κ3) is 3.64. The summed E-state index contributed by atoms with van der Waals surface area (Å²) >= 11 is 0. The predicted octanol–water partition coefficient (Wildman–Crippen LogP) is 2.35. The van der Waals surface area contributed by atoms with Gasteiger partial charge in [0.25, 0.3) is 0 Å². The van der Waals surface area contributed by atoms with Crippen LogP contribution in [0.2, 0.25) is 0 Å². The van der Waals surface area contributed by atoms with Crippen molar-refractivity contribution >= 4 is 17.5 Å². The van der Waals surface area contributed by atoms with E-state index in [-0.39, 0.29) is 12.6 Å². The average Bonchev–Trinajstić information content (AvgIpc) is 3.21. The maximum atomic E-state index is 12.3. The minimum absolute atomic E-state index is 0.240. The van der Waals surface area contributed by atoms with Crippen molar-refractivity contribution in [2.75, 3.05) is 30.4 Å². The van der Waals surface area contributed by atoms with E-state index in [0.717, 1.165) is 24.6 Å². The molecule has 0 bridgehead atoms. The number of aryl methyl sites for hydroxylation is 2. The van der Waals surface area contributed by atoms with Crippen LogP contribution < -0.4 is 10.2 Å². The lowest BCUT2D eigenvalue weighted by Gasteiger charge is -2.19. The van der Waals surface area contributed by atoms with Gasteiger partial charge in [0.05, 0.1) is 17.9 Å². The molecule has 1 aliphatic rings. The first-order valence-electron chi connectivity index (χ1n) is 8.07. The number of aromatic nitrogens is 3. The smallest absolute Gasteiger partial charge is 0.322 e. The van der Waals surface area contributed by atoms with E-state index in [0.29, 0.717) is 17.4 Å². The van der Waals surface area contributed by atoms with Crippen LogP contribution in [0.4, 0.5) is 16.3 Å². The number of hydrogen-bond donors (Lipinski definition) is 1. The molecule has 0 unspecified atom stereocenters. The van der Waals surface area contributed by atoms with Gasteiger partial charge in [-0.25, -0.2) is 9.78 Å². The molecule has 2 aromatic rings. The van der Waals surface area contributed by atoms with Crippen molar-refractivity contribution in [2.45, 2.75) is 33.2 Å². The summed E-state index contributed by atoms with van der Waals surface area (Å²) in [4.78, 5) is 24.8. The minimum atomic E-state index is -0.240. The maximum absolute atomic E-state index is 12.3. The van der Waals surface area contributed by atoms with E-state index in [1.54, 1.807) is 14.0 Å². The second-order valence-corrected chi connectivity index (χ2v) is 6.01. The first-order chi connectivity index (χ1) is 11.5. The topological polar surface area (TPSA) is 87.4 Å². The number of pyridine rings is 1. The Balaban J connectivity index is 1.63. The van der Waals surface area contributed by atoms with Gasteiger partial charge in [-0.15, -0.1) is 0 Å². The van der Waals surface area contributed by atoms with Crippen LogP contribution >= 0.6 is 0 Å². The van der Waals surface area contributed by atoms with Gasteiger partial charge in [0.1, 0.15) is 5.82 Å². The fraction of sp³-hybridized carbons (Fsp3) is 0.500. The standard InChI is InChI=1S/C16H22N6O2/c1-11-13(6-7-15(17-11)22-8-4-5-9-22)19-16(23)21(3)10-14-18-12(2)24-20-14/h6-7H,4-5,8-10H2,1-3H3,(H,19,23). The fourth-order valence-electron chi connectivity index (χ4n) is 2.70. The molecule has 1 saturated heterocycles. The van der Waals surface area contributed by atoms with E-state index < -0.39 is 0 Å². The molecule has 1 aliphatic heterocycles. The highest BCUT2D eigenvalue weighted by Crippen LogP contribution is 2.22. The number of carbonyl (C=O) groups excluding carboxylic acids is 1. The minimum Gasteiger partial charge on any atom is -0.357 e. The molecule has 3 heterocycles. The van der Waals surface area contributed by atoms with Gasteiger partial charge in [0.2, 0.25) is 5.89 Å². The Labute approximate surface area is 140 Å².